The zero-order valence-electron chi connectivity index (χ0n) is 17.7. The van der Waals surface area contributed by atoms with Crippen molar-refractivity contribution >= 4 is 17.7 Å². The highest BCUT2D eigenvalue weighted by atomic mass is 16.5. The summed E-state index contributed by atoms with van der Waals surface area (Å²) in [6.07, 6.45) is 2.10. The van der Waals surface area contributed by atoms with Crippen molar-refractivity contribution in [2.24, 2.45) is 0 Å². The van der Waals surface area contributed by atoms with Gasteiger partial charge < -0.3 is 14.4 Å². The number of benzene rings is 3. The van der Waals surface area contributed by atoms with Gasteiger partial charge in [-0.25, -0.2) is 0 Å². The summed E-state index contributed by atoms with van der Waals surface area (Å²) in [7, 11) is 1.60. The van der Waals surface area contributed by atoms with Crippen molar-refractivity contribution in [2.75, 3.05) is 25.2 Å². The number of amides is 1. The molecule has 0 bridgehead atoms. The van der Waals surface area contributed by atoms with E-state index >= 15 is 0 Å². The molecule has 0 aliphatic rings. The molecule has 0 aliphatic carbocycles. The highest BCUT2D eigenvalue weighted by Gasteiger charge is 2.19. The fraction of sp³-hybridized carbons (Fsp3) is 0.192. The Labute approximate surface area is 178 Å². The molecule has 0 unspecified atom stereocenters. The Morgan fingerprint density at radius 3 is 2.33 bits per heavy atom. The van der Waals surface area contributed by atoms with Gasteiger partial charge in [-0.3, -0.25) is 4.79 Å². The van der Waals surface area contributed by atoms with E-state index < -0.39 is 0 Å². The highest BCUT2D eigenvalue weighted by molar-refractivity contribution is 6.06. The van der Waals surface area contributed by atoms with Crippen LogP contribution in [0.15, 0.2) is 84.4 Å². The molecular formula is C26H27NO3. The van der Waals surface area contributed by atoms with Crippen LogP contribution in [0.3, 0.4) is 0 Å². The zero-order chi connectivity index (χ0) is 21.3. The third-order valence-electron chi connectivity index (χ3n) is 4.64. The van der Waals surface area contributed by atoms with E-state index in [9.17, 15) is 4.79 Å². The molecule has 154 valence electrons. The first-order chi connectivity index (χ1) is 14.6. The van der Waals surface area contributed by atoms with E-state index in [0.29, 0.717) is 24.5 Å². The number of anilines is 1. The van der Waals surface area contributed by atoms with Crippen molar-refractivity contribution in [3.05, 3.63) is 95.6 Å². The maximum atomic E-state index is 13.4. The van der Waals surface area contributed by atoms with Gasteiger partial charge in [-0.15, -0.1) is 0 Å². The van der Waals surface area contributed by atoms with Gasteiger partial charge in [-0.05, 0) is 61.9 Å². The minimum Gasteiger partial charge on any atom is -0.497 e. The molecule has 3 aromatic carbocycles. The van der Waals surface area contributed by atoms with E-state index in [0.717, 1.165) is 22.6 Å². The zero-order valence-corrected chi connectivity index (χ0v) is 17.7. The number of nitrogens with zero attached hydrogens (tertiary/aromatic N) is 1. The summed E-state index contributed by atoms with van der Waals surface area (Å²) in [5.74, 6) is 1.36. The normalized spacial score (nSPS) is 11.1. The summed E-state index contributed by atoms with van der Waals surface area (Å²) in [5, 5.41) is 0. The van der Waals surface area contributed by atoms with Crippen molar-refractivity contribution in [3.63, 3.8) is 0 Å². The van der Waals surface area contributed by atoms with E-state index in [1.54, 1.807) is 18.1 Å². The van der Waals surface area contributed by atoms with Gasteiger partial charge in [-0.2, -0.15) is 0 Å². The van der Waals surface area contributed by atoms with Crippen LogP contribution in [0.4, 0.5) is 5.69 Å². The number of carbonyl (C=O) groups is 1. The molecule has 0 aliphatic heterocycles. The van der Waals surface area contributed by atoms with Crippen molar-refractivity contribution in [2.45, 2.75) is 13.8 Å². The van der Waals surface area contributed by atoms with E-state index in [-0.39, 0.29) is 5.91 Å². The van der Waals surface area contributed by atoms with Gasteiger partial charge in [0.25, 0.3) is 5.91 Å². The lowest BCUT2D eigenvalue weighted by Gasteiger charge is -2.24. The van der Waals surface area contributed by atoms with Crippen LogP contribution in [0.2, 0.25) is 0 Å². The quantitative estimate of drug-likeness (QED) is 0.476. The Hall–Kier alpha value is -3.53. The molecule has 4 heteroatoms. The van der Waals surface area contributed by atoms with Crippen molar-refractivity contribution < 1.29 is 14.3 Å². The summed E-state index contributed by atoms with van der Waals surface area (Å²) in [6, 6.07) is 24.9. The van der Waals surface area contributed by atoms with Crippen LogP contribution in [0.1, 0.15) is 29.8 Å². The molecule has 4 nitrogen and oxygen atoms in total. The molecule has 30 heavy (non-hydrogen) atoms. The third-order valence-corrected chi connectivity index (χ3v) is 4.64. The van der Waals surface area contributed by atoms with Crippen LogP contribution in [-0.2, 0) is 0 Å². The first-order valence-electron chi connectivity index (χ1n) is 10.0. The third kappa shape index (κ3) is 5.51. The van der Waals surface area contributed by atoms with Crippen molar-refractivity contribution in [1.82, 2.24) is 0 Å². The molecule has 0 spiro atoms. The Morgan fingerprint density at radius 2 is 1.67 bits per heavy atom. The number of ether oxygens (including phenoxy) is 2. The van der Waals surface area contributed by atoms with Crippen molar-refractivity contribution in [3.8, 4) is 11.5 Å². The predicted molar refractivity (Wildman–Crippen MR) is 122 cm³/mol. The fourth-order valence-corrected chi connectivity index (χ4v) is 3.21. The number of carbonyl (C=O) groups excluding carboxylic acids is 1. The number of methoxy groups -OCH3 is 1. The van der Waals surface area contributed by atoms with Crippen molar-refractivity contribution in [1.29, 1.82) is 0 Å². The largest absolute Gasteiger partial charge is 0.497 e. The molecule has 0 N–H and O–H groups in total. The Bertz CT molecular complexity index is 994. The number of hydrogen-bond acceptors (Lipinski definition) is 3. The van der Waals surface area contributed by atoms with Crippen LogP contribution >= 0.6 is 0 Å². The average Bonchev–Trinajstić information content (AvgIpc) is 2.78. The minimum atomic E-state index is -0.0844. The lowest BCUT2D eigenvalue weighted by Crippen LogP contribution is -2.32. The van der Waals surface area contributed by atoms with Gasteiger partial charge in [0.15, 0.2) is 0 Å². The second-order valence-electron chi connectivity index (χ2n) is 6.95. The predicted octanol–water partition coefficient (Wildman–Crippen LogP) is 5.84. The topological polar surface area (TPSA) is 38.8 Å². The fourth-order valence-electron chi connectivity index (χ4n) is 3.21. The number of hydrogen-bond donors (Lipinski definition) is 0. The van der Waals surface area contributed by atoms with Crippen LogP contribution in [-0.4, -0.2) is 26.2 Å². The van der Waals surface area contributed by atoms with Gasteiger partial charge >= 0.3 is 0 Å². The van der Waals surface area contributed by atoms with E-state index in [1.165, 1.54) is 0 Å². The Morgan fingerprint density at radius 1 is 0.933 bits per heavy atom. The molecule has 0 radical (unpaired) electrons. The van der Waals surface area contributed by atoms with Crippen LogP contribution in [0.25, 0.3) is 6.08 Å². The van der Waals surface area contributed by atoms with Gasteiger partial charge in [0.05, 0.1) is 13.7 Å². The number of rotatable bonds is 8. The van der Waals surface area contributed by atoms with Gasteiger partial charge in [0.2, 0.25) is 0 Å². The maximum Gasteiger partial charge on any atom is 0.258 e. The van der Waals surface area contributed by atoms with E-state index in [4.69, 9.17) is 9.47 Å². The Balaban J connectivity index is 1.93. The lowest BCUT2D eigenvalue weighted by molar-refractivity contribution is 0.0988. The molecule has 3 aromatic rings. The Kier molecular flexibility index (Phi) is 7.28. The molecule has 0 heterocycles. The van der Waals surface area contributed by atoms with E-state index in [1.807, 2.05) is 74.5 Å². The summed E-state index contributed by atoms with van der Waals surface area (Å²) in [4.78, 5) is 15.2. The summed E-state index contributed by atoms with van der Waals surface area (Å²) in [6.45, 7) is 5.06. The first-order valence-corrected chi connectivity index (χ1v) is 10.0. The maximum absolute atomic E-state index is 13.4. The summed E-state index contributed by atoms with van der Waals surface area (Å²) >= 11 is 0. The highest BCUT2D eigenvalue weighted by Crippen LogP contribution is 2.24. The summed E-state index contributed by atoms with van der Waals surface area (Å²) < 4.78 is 10.8. The van der Waals surface area contributed by atoms with Gasteiger partial charge in [0.1, 0.15) is 11.5 Å². The van der Waals surface area contributed by atoms with Gasteiger partial charge in [0, 0.05) is 17.8 Å². The molecule has 3 rings (SSSR count). The second kappa shape index (κ2) is 10.3. The molecule has 0 saturated heterocycles. The molecular weight excluding hydrogens is 374 g/mol. The average molecular weight is 402 g/mol. The molecule has 1 amide bonds. The standard InChI is InChI=1S/C26H27NO3/c1-4-30-24-15-13-23(14-16-24)27(19-20(2)17-21-9-6-5-7-10-21)26(28)22-11-8-12-25(18-22)29-3/h5-18H,4,19H2,1-3H3/b20-17+. The lowest BCUT2D eigenvalue weighted by atomic mass is 10.1. The molecule has 0 aromatic heterocycles. The molecule has 0 atom stereocenters. The smallest absolute Gasteiger partial charge is 0.258 e. The van der Waals surface area contributed by atoms with E-state index in [2.05, 4.69) is 18.2 Å². The van der Waals surface area contributed by atoms with Gasteiger partial charge in [-0.1, -0.05) is 48.0 Å². The first kappa shape index (κ1) is 21.2. The summed E-state index contributed by atoms with van der Waals surface area (Å²) in [5.41, 5.74) is 3.57. The van der Waals surface area contributed by atoms with Crippen LogP contribution in [0, 0.1) is 0 Å². The molecule has 0 saturated carbocycles. The minimum absolute atomic E-state index is 0.0844. The van der Waals surface area contributed by atoms with Crippen LogP contribution in [0.5, 0.6) is 11.5 Å². The second-order valence-corrected chi connectivity index (χ2v) is 6.95. The molecule has 0 fully saturated rings. The SMILES string of the molecule is CCOc1ccc(N(C/C(C)=C/c2ccccc2)C(=O)c2cccc(OC)c2)cc1. The van der Waals surface area contributed by atoms with Crippen LogP contribution < -0.4 is 14.4 Å². The monoisotopic (exact) mass is 401 g/mol.